The van der Waals surface area contributed by atoms with Crippen LogP contribution in [0.5, 0.6) is 0 Å². The number of anilines is 1. The number of hydrogen-bond acceptors (Lipinski definition) is 2. The van der Waals surface area contributed by atoms with E-state index in [2.05, 4.69) is 67.6 Å². The first-order valence-electron chi connectivity index (χ1n) is 7.87. The fourth-order valence-corrected chi connectivity index (χ4v) is 2.60. The van der Waals surface area contributed by atoms with Crippen molar-refractivity contribution >= 4 is 23.1 Å². The number of benzene rings is 1. The highest BCUT2D eigenvalue weighted by Crippen LogP contribution is 2.23. The van der Waals surface area contributed by atoms with E-state index in [4.69, 9.17) is 12.2 Å². The smallest absolute Gasteiger partial charge is 0.172 e. The fourth-order valence-electron chi connectivity index (χ4n) is 2.32. The molecule has 0 unspecified atom stereocenters. The molecule has 3 nitrogen and oxygen atoms in total. The van der Waals surface area contributed by atoms with Gasteiger partial charge in [-0.2, -0.15) is 0 Å². The van der Waals surface area contributed by atoms with Crippen molar-refractivity contribution in [1.82, 2.24) is 10.3 Å². The predicted octanol–water partition coefficient (Wildman–Crippen LogP) is 4.74. The SMILES string of the molecule is Cc1cccc(NC(=S)N[C@H](C)c2ccc(C(C)(C)C)cc2)n1. The zero-order valence-corrected chi connectivity index (χ0v) is 15.3. The summed E-state index contributed by atoms with van der Waals surface area (Å²) in [5.74, 6) is 0.762. The molecule has 0 saturated carbocycles. The molecule has 122 valence electrons. The third-order valence-electron chi connectivity index (χ3n) is 3.75. The molecule has 23 heavy (non-hydrogen) atoms. The van der Waals surface area contributed by atoms with E-state index in [0.29, 0.717) is 5.11 Å². The quantitative estimate of drug-likeness (QED) is 0.799. The van der Waals surface area contributed by atoms with Gasteiger partial charge in [0.15, 0.2) is 5.11 Å². The highest BCUT2D eigenvalue weighted by molar-refractivity contribution is 7.80. The standard InChI is InChI=1S/C19H25N3S/c1-13-7-6-8-17(20-13)22-18(23)21-14(2)15-9-11-16(12-10-15)19(3,4)5/h6-12,14H,1-5H3,(H2,20,21,22,23)/t14-/m1/s1. The average Bonchev–Trinajstić information content (AvgIpc) is 2.46. The second-order valence-electron chi connectivity index (χ2n) is 6.86. The minimum absolute atomic E-state index is 0.133. The molecule has 1 aromatic heterocycles. The average molecular weight is 327 g/mol. The number of hydrogen-bond donors (Lipinski definition) is 2. The molecule has 2 N–H and O–H groups in total. The summed E-state index contributed by atoms with van der Waals surface area (Å²) in [5.41, 5.74) is 3.67. The van der Waals surface area contributed by atoms with Gasteiger partial charge in [-0.3, -0.25) is 0 Å². The third kappa shape index (κ3) is 5.03. The zero-order chi connectivity index (χ0) is 17.0. The van der Waals surface area contributed by atoms with Crippen molar-refractivity contribution in [3.05, 3.63) is 59.3 Å². The summed E-state index contributed by atoms with van der Waals surface area (Å²) in [5, 5.41) is 7.01. The number of nitrogens with one attached hydrogen (secondary N) is 2. The molecule has 2 rings (SSSR count). The summed E-state index contributed by atoms with van der Waals surface area (Å²) in [4.78, 5) is 4.39. The molecular weight excluding hydrogens is 302 g/mol. The Morgan fingerprint density at radius 1 is 1.09 bits per heavy atom. The van der Waals surface area contributed by atoms with Crippen LogP contribution in [0, 0.1) is 6.92 Å². The van der Waals surface area contributed by atoms with Gasteiger partial charge in [-0.25, -0.2) is 4.98 Å². The van der Waals surface area contributed by atoms with Gasteiger partial charge in [-0.1, -0.05) is 51.1 Å². The lowest BCUT2D eigenvalue weighted by Crippen LogP contribution is -2.31. The summed E-state index contributed by atoms with van der Waals surface area (Å²) in [7, 11) is 0. The van der Waals surface area contributed by atoms with E-state index < -0.39 is 0 Å². The molecule has 0 aliphatic heterocycles. The lowest BCUT2D eigenvalue weighted by Gasteiger charge is -2.21. The number of pyridine rings is 1. The van der Waals surface area contributed by atoms with Gasteiger partial charge in [0, 0.05) is 5.69 Å². The third-order valence-corrected chi connectivity index (χ3v) is 3.97. The lowest BCUT2D eigenvalue weighted by atomic mass is 9.86. The number of nitrogens with zero attached hydrogens (tertiary/aromatic N) is 1. The summed E-state index contributed by atoms with van der Waals surface area (Å²) >= 11 is 5.38. The van der Waals surface area contributed by atoms with Gasteiger partial charge in [-0.05, 0) is 54.7 Å². The van der Waals surface area contributed by atoms with Crippen LogP contribution in [-0.2, 0) is 5.41 Å². The van der Waals surface area contributed by atoms with Crippen molar-refractivity contribution in [2.24, 2.45) is 0 Å². The number of aryl methyl sites for hydroxylation is 1. The number of thiocarbonyl (C=S) groups is 1. The van der Waals surface area contributed by atoms with Gasteiger partial charge >= 0.3 is 0 Å². The Kier molecular flexibility index (Phi) is 5.37. The summed E-state index contributed by atoms with van der Waals surface area (Å²) in [6, 6.07) is 14.6. The molecule has 0 bridgehead atoms. The Balaban J connectivity index is 1.98. The van der Waals surface area contributed by atoms with E-state index >= 15 is 0 Å². The molecule has 0 amide bonds. The normalized spacial score (nSPS) is 12.6. The lowest BCUT2D eigenvalue weighted by molar-refractivity contribution is 0.589. The molecule has 1 heterocycles. The predicted molar refractivity (Wildman–Crippen MR) is 102 cm³/mol. The van der Waals surface area contributed by atoms with E-state index in [-0.39, 0.29) is 11.5 Å². The maximum Gasteiger partial charge on any atom is 0.172 e. The Labute approximate surface area is 144 Å². The maximum atomic E-state index is 5.38. The Morgan fingerprint density at radius 3 is 2.30 bits per heavy atom. The molecule has 0 aliphatic carbocycles. The van der Waals surface area contributed by atoms with Gasteiger partial charge in [0.05, 0.1) is 6.04 Å². The van der Waals surface area contributed by atoms with Crippen LogP contribution in [0.25, 0.3) is 0 Å². The van der Waals surface area contributed by atoms with Crippen molar-refractivity contribution in [2.75, 3.05) is 5.32 Å². The molecule has 0 saturated heterocycles. The van der Waals surface area contributed by atoms with Crippen LogP contribution in [0.15, 0.2) is 42.5 Å². The first-order valence-corrected chi connectivity index (χ1v) is 8.28. The minimum atomic E-state index is 0.133. The highest BCUT2D eigenvalue weighted by Gasteiger charge is 2.14. The van der Waals surface area contributed by atoms with Crippen molar-refractivity contribution < 1.29 is 0 Å². The van der Waals surface area contributed by atoms with Crippen LogP contribution in [0.3, 0.4) is 0 Å². The van der Waals surface area contributed by atoms with Crippen molar-refractivity contribution in [1.29, 1.82) is 0 Å². The molecular formula is C19H25N3S. The van der Waals surface area contributed by atoms with Crippen LogP contribution in [0.1, 0.15) is 50.6 Å². The van der Waals surface area contributed by atoms with E-state index in [1.54, 1.807) is 0 Å². The minimum Gasteiger partial charge on any atom is -0.356 e. The Morgan fingerprint density at radius 2 is 1.74 bits per heavy atom. The van der Waals surface area contributed by atoms with Gasteiger partial charge in [0.1, 0.15) is 5.82 Å². The molecule has 0 aliphatic rings. The number of rotatable bonds is 3. The van der Waals surface area contributed by atoms with Crippen molar-refractivity contribution in [2.45, 2.75) is 46.1 Å². The first-order chi connectivity index (χ1) is 10.8. The summed E-state index contributed by atoms with van der Waals surface area (Å²) in [6.07, 6.45) is 0. The largest absolute Gasteiger partial charge is 0.356 e. The van der Waals surface area contributed by atoms with Crippen molar-refractivity contribution in [3.63, 3.8) is 0 Å². The van der Waals surface area contributed by atoms with E-state index in [9.17, 15) is 0 Å². The van der Waals surface area contributed by atoms with E-state index in [0.717, 1.165) is 11.5 Å². The first kappa shape index (κ1) is 17.4. The van der Waals surface area contributed by atoms with Crippen LogP contribution in [0.2, 0.25) is 0 Å². The Bertz CT molecular complexity index is 672. The molecule has 0 fully saturated rings. The number of aromatic nitrogens is 1. The molecule has 0 radical (unpaired) electrons. The topological polar surface area (TPSA) is 37.0 Å². The fraction of sp³-hybridized carbons (Fsp3) is 0.368. The van der Waals surface area contributed by atoms with Crippen LogP contribution in [-0.4, -0.2) is 10.1 Å². The van der Waals surface area contributed by atoms with Gasteiger partial charge < -0.3 is 10.6 Å². The molecule has 2 aromatic rings. The second-order valence-corrected chi connectivity index (χ2v) is 7.26. The molecule has 1 aromatic carbocycles. The van der Waals surface area contributed by atoms with E-state index in [1.807, 2.05) is 25.1 Å². The monoisotopic (exact) mass is 327 g/mol. The van der Waals surface area contributed by atoms with Crippen LogP contribution < -0.4 is 10.6 Å². The van der Waals surface area contributed by atoms with Gasteiger partial charge in [-0.15, -0.1) is 0 Å². The summed E-state index contributed by atoms with van der Waals surface area (Å²) in [6.45, 7) is 10.7. The van der Waals surface area contributed by atoms with E-state index in [1.165, 1.54) is 11.1 Å². The van der Waals surface area contributed by atoms with Crippen molar-refractivity contribution in [3.8, 4) is 0 Å². The zero-order valence-electron chi connectivity index (χ0n) is 14.5. The maximum absolute atomic E-state index is 5.38. The molecule has 1 atom stereocenters. The molecule has 0 spiro atoms. The van der Waals surface area contributed by atoms with Crippen LogP contribution in [0.4, 0.5) is 5.82 Å². The molecule has 4 heteroatoms. The summed E-state index contributed by atoms with van der Waals surface area (Å²) < 4.78 is 0. The second kappa shape index (κ2) is 7.09. The Hall–Kier alpha value is -1.94. The van der Waals surface area contributed by atoms with Gasteiger partial charge in [0.2, 0.25) is 0 Å². The van der Waals surface area contributed by atoms with Crippen LogP contribution >= 0.6 is 12.2 Å². The highest BCUT2D eigenvalue weighted by atomic mass is 32.1. The van der Waals surface area contributed by atoms with Gasteiger partial charge in [0.25, 0.3) is 0 Å².